The number of carbonyl (C=O) groups is 4. The third-order valence-corrected chi connectivity index (χ3v) is 21.4. The summed E-state index contributed by atoms with van der Waals surface area (Å²) in [5.41, 5.74) is 23.1. The predicted octanol–water partition coefficient (Wildman–Crippen LogP) is 8.23. The lowest BCUT2D eigenvalue weighted by Gasteiger charge is -2.09. The van der Waals surface area contributed by atoms with E-state index in [1.165, 1.54) is 38.1 Å². The van der Waals surface area contributed by atoms with Crippen LogP contribution in [0.3, 0.4) is 0 Å². The molecule has 4 unspecified atom stereocenters. The molecule has 0 spiro atoms. The van der Waals surface area contributed by atoms with Crippen LogP contribution in [0.1, 0.15) is 104 Å². The molecule has 44 heteroatoms. The SMILES string of the molecule is CC(C)n1ncc2c(=O)[nH]c(=S)[nH]c21.CC(Sc1nc2c(cnn2C(C)C)c(=O)[nH]1)C(N)=O.COC(=O)C(C)Sc1nc2c(cnn2C(C)C)c(=O)[nH]1.Cc1cccc(-n2ncc3c(=O)[nH]c(SC(C)C(N)=O)nc32)c1.Cc1ccccc1-n1ncc2c(=O)[nH]c(=S)[nH]c21.Cc1ccccc1-n1ncc2c(=O)[nH]c(SC(C)C(N)=O)nc21. The number of aromatic nitrogens is 24. The van der Waals surface area contributed by atoms with Gasteiger partial charge in [-0.2, -0.15) is 30.6 Å². The van der Waals surface area contributed by atoms with Crippen molar-refractivity contribution in [2.75, 3.05) is 7.11 Å². The van der Waals surface area contributed by atoms with Gasteiger partial charge in [-0.15, -0.1) is 0 Å². The molecule has 3 amide bonds. The van der Waals surface area contributed by atoms with Gasteiger partial charge in [0.05, 0.1) is 77.1 Å². The first kappa shape index (κ1) is 86.9. The first-order chi connectivity index (χ1) is 55.5. The Morgan fingerprint density at radius 3 is 1.14 bits per heavy atom. The molecule has 0 aliphatic heterocycles. The number of esters is 1. The van der Waals surface area contributed by atoms with Gasteiger partial charge in [-0.25, -0.2) is 48.0 Å². The van der Waals surface area contributed by atoms with E-state index in [-0.39, 0.29) is 57.5 Å². The quantitative estimate of drug-likeness (QED) is 0.0167. The Hall–Kier alpha value is -12.5. The Kier molecular flexibility index (Phi) is 28.1. The number of H-pyrrole nitrogens is 8. The van der Waals surface area contributed by atoms with Gasteiger partial charge in [0.25, 0.3) is 33.4 Å². The van der Waals surface area contributed by atoms with E-state index in [9.17, 15) is 47.9 Å². The number of aryl methyl sites for hydroxylation is 3. The lowest BCUT2D eigenvalue weighted by atomic mass is 10.2. The number of rotatable bonds is 18. The van der Waals surface area contributed by atoms with Crippen molar-refractivity contribution in [2.24, 2.45) is 17.2 Å². The smallest absolute Gasteiger partial charge is 0.318 e. The van der Waals surface area contributed by atoms with Crippen LogP contribution in [0, 0.1) is 30.3 Å². The van der Waals surface area contributed by atoms with E-state index in [2.05, 4.69) is 95.1 Å². The van der Waals surface area contributed by atoms with Crippen LogP contribution in [-0.2, 0) is 23.9 Å². The van der Waals surface area contributed by atoms with Gasteiger partial charge in [0.1, 0.15) is 48.9 Å². The zero-order chi connectivity index (χ0) is 85.1. The number of nitrogens with one attached hydrogen (secondary N) is 8. The molecular weight excluding hydrogens is 1620 g/mol. The molecule has 0 fully saturated rings. The molecule has 4 atom stereocenters. The summed E-state index contributed by atoms with van der Waals surface area (Å²) in [6, 6.07) is 23.6. The molecule has 0 aliphatic rings. The minimum absolute atomic E-state index is 0.0951. The van der Waals surface area contributed by atoms with Gasteiger partial charge in [0, 0.05) is 18.1 Å². The molecule has 0 saturated heterocycles. The molecule has 15 aromatic rings. The van der Waals surface area contributed by atoms with Gasteiger partial charge in [0.2, 0.25) is 17.7 Å². The lowest BCUT2D eigenvalue weighted by molar-refractivity contribution is -0.139. The fourth-order valence-corrected chi connectivity index (χ4v) is 14.3. The normalized spacial score (nSPS) is 12.2. The molecule has 0 aliphatic carbocycles. The van der Waals surface area contributed by atoms with Crippen molar-refractivity contribution in [3.8, 4) is 17.1 Å². The number of carbonyl (C=O) groups excluding carboxylic acids is 4. The third kappa shape index (κ3) is 20.6. The molecule has 610 valence electrons. The molecular formula is C73H81N27O11S6. The summed E-state index contributed by atoms with van der Waals surface area (Å²) in [5.74, 6) is -1.75. The number of para-hydroxylation sites is 2. The van der Waals surface area contributed by atoms with Crippen LogP contribution in [-0.4, -0.2) is 170 Å². The summed E-state index contributed by atoms with van der Waals surface area (Å²) < 4.78 is 15.3. The minimum Gasteiger partial charge on any atom is -0.468 e. The van der Waals surface area contributed by atoms with Gasteiger partial charge in [-0.1, -0.05) is 95.6 Å². The highest BCUT2D eigenvalue weighted by Gasteiger charge is 2.23. The molecule has 0 bridgehead atoms. The van der Waals surface area contributed by atoms with Crippen molar-refractivity contribution < 1.29 is 23.9 Å². The number of hydrogen-bond acceptors (Lipinski definition) is 27. The minimum atomic E-state index is -0.495. The van der Waals surface area contributed by atoms with Crippen molar-refractivity contribution >= 4 is 161 Å². The Morgan fingerprint density at radius 1 is 0.385 bits per heavy atom. The van der Waals surface area contributed by atoms with Crippen LogP contribution in [0.25, 0.3) is 83.3 Å². The Labute approximate surface area is 688 Å². The maximum absolute atomic E-state index is 12.2. The van der Waals surface area contributed by atoms with Crippen molar-refractivity contribution in [1.82, 2.24) is 118 Å². The van der Waals surface area contributed by atoms with E-state index in [1.54, 1.807) is 62.0 Å². The summed E-state index contributed by atoms with van der Waals surface area (Å²) in [6.45, 7) is 24.4. The molecule has 38 nitrogen and oxygen atoms in total. The van der Waals surface area contributed by atoms with Crippen molar-refractivity contribution in [2.45, 2.75) is 150 Å². The second-order valence-corrected chi connectivity index (χ2v) is 32.8. The second kappa shape index (κ2) is 37.8. The van der Waals surface area contributed by atoms with Gasteiger partial charge < -0.3 is 51.8 Å². The average Bonchev–Trinajstić information content (AvgIpc) is 1.66. The Morgan fingerprint density at radius 2 is 0.718 bits per heavy atom. The monoisotopic (exact) mass is 1700 g/mol. The van der Waals surface area contributed by atoms with E-state index in [0.717, 1.165) is 80.8 Å². The van der Waals surface area contributed by atoms with Gasteiger partial charge in [0.15, 0.2) is 52.8 Å². The lowest BCUT2D eigenvalue weighted by Crippen LogP contribution is -2.23. The van der Waals surface area contributed by atoms with Crippen LogP contribution in [0.15, 0.2) is 159 Å². The topological polar surface area (TPSA) is 543 Å². The van der Waals surface area contributed by atoms with Gasteiger partial charge >= 0.3 is 5.97 Å². The number of thioether (sulfide) groups is 4. The van der Waals surface area contributed by atoms with Crippen molar-refractivity contribution in [1.29, 1.82) is 0 Å². The highest BCUT2D eigenvalue weighted by atomic mass is 32.2. The fourth-order valence-electron chi connectivity index (χ4n) is 10.9. The summed E-state index contributed by atoms with van der Waals surface area (Å²) in [7, 11) is 1.33. The van der Waals surface area contributed by atoms with E-state index in [4.69, 9.17) is 41.6 Å². The summed E-state index contributed by atoms with van der Waals surface area (Å²) >= 11 is 14.4. The molecule has 0 saturated carbocycles. The highest BCUT2D eigenvalue weighted by molar-refractivity contribution is 8.01. The largest absolute Gasteiger partial charge is 0.468 e. The van der Waals surface area contributed by atoms with Crippen LogP contribution >= 0.6 is 71.5 Å². The van der Waals surface area contributed by atoms with E-state index in [0.29, 0.717) is 96.4 Å². The molecule has 3 aromatic carbocycles. The average molecular weight is 1710 g/mol. The van der Waals surface area contributed by atoms with Gasteiger partial charge in [-0.3, -0.25) is 57.9 Å². The Balaban J connectivity index is 0.000000149. The molecule has 12 aromatic heterocycles. The first-order valence-electron chi connectivity index (χ1n) is 35.6. The number of methoxy groups -OCH3 is 1. The van der Waals surface area contributed by atoms with Crippen molar-refractivity contribution in [3.05, 3.63) is 198 Å². The highest BCUT2D eigenvalue weighted by Crippen LogP contribution is 2.27. The number of hydrogen-bond donors (Lipinski definition) is 11. The van der Waals surface area contributed by atoms with E-state index < -0.39 is 38.7 Å². The molecule has 15 rings (SSSR count). The Bertz CT molecular complexity index is 6730. The number of fused-ring (bicyclic) bond motifs is 6. The van der Waals surface area contributed by atoms with E-state index in [1.807, 2.05) is 135 Å². The zero-order valence-corrected chi connectivity index (χ0v) is 70.2. The number of nitrogens with two attached hydrogens (primary N) is 3. The molecule has 12 heterocycles. The van der Waals surface area contributed by atoms with Crippen LogP contribution in [0.2, 0.25) is 0 Å². The molecule has 0 radical (unpaired) electrons. The summed E-state index contributed by atoms with van der Waals surface area (Å²) in [5, 5.41) is 27.4. The third-order valence-electron chi connectivity index (χ3n) is 17.0. The summed E-state index contributed by atoms with van der Waals surface area (Å²) in [6.07, 6.45) is 9.03. The fraction of sp³-hybridized carbons (Fsp3) is 0.288. The van der Waals surface area contributed by atoms with Crippen LogP contribution < -0.4 is 50.6 Å². The van der Waals surface area contributed by atoms with Crippen molar-refractivity contribution in [3.63, 3.8) is 0 Å². The molecule has 117 heavy (non-hydrogen) atoms. The number of amides is 3. The predicted molar refractivity (Wildman–Crippen MR) is 454 cm³/mol. The van der Waals surface area contributed by atoms with Gasteiger partial charge in [-0.05, 0) is 155 Å². The maximum Gasteiger partial charge on any atom is 0.318 e. The number of ether oxygens (including phenoxy) is 1. The second-order valence-electron chi connectivity index (χ2n) is 26.7. The van der Waals surface area contributed by atoms with E-state index >= 15 is 0 Å². The summed E-state index contributed by atoms with van der Waals surface area (Å²) in [4.78, 5) is 155. The number of benzene rings is 3. The molecule has 14 N–H and O–H groups in total. The first-order valence-corrected chi connectivity index (χ1v) is 40.0. The number of nitrogens with zero attached hydrogens (tertiary/aromatic N) is 16. The standard InChI is InChI=1S/2C15H15N5O2S.C12H16N4O3S.C12H10N4OS.C11H15N5O2S.C8H10N4OS/c1-8-4-3-5-10(6-8)20-13-11(7-17-20)14(22)19-15(18-13)23-9(2)12(16)21;1-8-5-3-4-6-11(8)20-13-10(7-17-20)14(22)19-15(18-13)23-9(2)12(16)21;1-6(2)16-9-8(5-13-16)10(17)15-12(14-9)20-7(3)11(18)19-4;1-7-4-2-3-5-9(7)16-10-8(6-13-16)11(17)15-12(18)14-10;1-5(2)16-9-7(4-13-16)10(18)15-11(14-9)19-6(3)8(12)17;1-4(2)12-6-5(3-9-12)7(13)11-8(14)10-6/h2*3-7,9H,1-2H3,(H2,16,21)(H,18,19,22);5-7H,1-4H3,(H,14,15,17);2-6H,1H3,(H2,14,15,17,18);4-6H,1-3H3,(H2,12,17)(H,14,15,18);3-4H,1-2H3,(H2,10,11,13,14). The number of aromatic amines is 8. The zero-order valence-electron chi connectivity index (χ0n) is 65.3. The van der Waals surface area contributed by atoms with Crippen LogP contribution in [0.4, 0.5) is 0 Å². The van der Waals surface area contributed by atoms with Crippen LogP contribution in [0.5, 0.6) is 0 Å². The number of primary amides is 3. The maximum atomic E-state index is 12.2.